The standard InChI is InChI=1S/C10H14ClN3O/c11-8-5-13-7-14-9(8)15-6-10(12)3-1-2-4-10/h5,7H,1-4,6,12H2. The van der Waals surface area contributed by atoms with E-state index >= 15 is 0 Å². The van der Waals surface area contributed by atoms with Gasteiger partial charge in [-0.2, -0.15) is 0 Å². The van der Waals surface area contributed by atoms with E-state index in [0.29, 0.717) is 17.5 Å². The molecule has 0 aliphatic heterocycles. The third kappa shape index (κ3) is 2.58. The first-order valence-corrected chi connectivity index (χ1v) is 5.45. The molecule has 2 rings (SSSR count). The largest absolute Gasteiger partial charge is 0.475 e. The normalized spacial score (nSPS) is 19.1. The molecule has 1 heterocycles. The van der Waals surface area contributed by atoms with Gasteiger partial charge in [0.05, 0.1) is 11.7 Å². The Kier molecular flexibility index (Phi) is 3.07. The van der Waals surface area contributed by atoms with E-state index < -0.39 is 0 Å². The Hall–Kier alpha value is -0.870. The van der Waals surface area contributed by atoms with Gasteiger partial charge in [-0.05, 0) is 12.8 Å². The quantitative estimate of drug-likeness (QED) is 0.855. The fraction of sp³-hybridized carbons (Fsp3) is 0.600. The molecule has 0 saturated heterocycles. The van der Waals surface area contributed by atoms with Crippen LogP contribution in [0.15, 0.2) is 12.5 Å². The Bertz CT molecular complexity index is 339. The van der Waals surface area contributed by atoms with Crippen LogP contribution < -0.4 is 10.5 Å². The van der Waals surface area contributed by atoms with E-state index in [9.17, 15) is 0 Å². The van der Waals surface area contributed by atoms with Crippen LogP contribution in [0.2, 0.25) is 5.02 Å². The maximum absolute atomic E-state index is 6.15. The molecule has 5 heteroatoms. The summed E-state index contributed by atoms with van der Waals surface area (Å²) >= 11 is 5.86. The molecule has 1 aromatic heterocycles. The van der Waals surface area contributed by atoms with E-state index in [2.05, 4.69) is 9.97 Å². The van der Waals surface area contributed by atoms with Crippen molar-refractivity contribution in [3.63, 3.8) is 0 Å². The highest BCUT2D eigenvalue weighted by Gasteiger charge is 2.30. The van der Waals surface area contributed by atoms with Gasteiger partial charge in [0.2, 0.25) is 5.88 Å². The number of halogens is 1. The second kappa shape index (κ2) is 4.33. The van der Waals surface area contributed by atoms with Gasteiger partial charge in [0.1, 0.15) is 18.0 Å². The molecule has 15 heavy (non-hydrogen) atoms. The monoisotopic (exact) mass is 227 g/mol. The lowest BCUT2D eigenvalue weighted by Gasteiger charge is -2.23. The van der Waals surface area contributed by atoms with E-state index in [1.165, 1.54) is 25.4 Å². The topological polar surface area (TPSA) is 61.0 Å². The maximum Gasteiger partial charge on any atom is 0.235 e. The number of aromatic nitrogens is 2. The second-order valence-electron chi connectivity index (χ2n) is 4.03. The first-order valence-electron chi connectivity index (χ1n) is 5.07. The number of ether oxygens (including phenoxy) is 1. The fourth-order valence-corrected chi connectivity index (χ4v) is 2.00. The molecule has 1 fully saturated rings. The van der Waals surface area contributed by atoms with Crippen molar-refractivity contribution >= 4 is 11.6 Å². The predicted molar refractivity (Wildman–Crippen MR) is 57.9 cm³/mol. The summed E-state index contributed by atoms with van der Waals surface area (Å²) in [7, 11) is 0. The van der Waals surface area contributed by atoms with Crippen LogP contribution in [0.5, 0.6) is 5.88 Å². The molecular formula is C10H14ClN3O. The molecule has 0 spiro atoms. The molecule has 0 atom stereocenters. The van der Waals surface area contributed by atoms with Crippen LogP contribution in [0, 0.1) is 0 Å². The summed E-state index contributed by atoms with van der Waals surface area (Å²) in [5, 5.41) is 0.430. The summed E-state index contributed by atoms with van der Waals surface area (Å²) in [5.74, 6) is 0.420. The molecule has 1 aromatic rings. The summed E-state index contributed by atoms with van der Waals surface area (Å²) in [5.41, 5.74) is 5.95. The fourth-order valence-electron chi connectivity index (χ4n) is 1.84. The molecule has 4 nitrogen and oxygen atoms in total. The minimum absolute atomic E-state index is 0.200. The zero-order valence-electron chi connectivity index (χ0n) is 8.45. The molecule has 0 aromatic carbocycles. The van der Waals surface area contributed by atoms with Crippen molar-refractivity contribution in [3.8, 4) is 5.88 Å². The summed E-state index contributed by atoms with van der Waals surface area (Å²) in [6.45, 7) is 0.476. The van der Waals surface area contributed by atoms with Crippen LogP contribution in [0.4, 0.5) is 0 Å². The highest BCUT2D eigenvalue weighted by molar-refractivity contribution is 6.31. The highest BCUT2D eigenvalue weighted by atomic mass is 35.5. The lowest BCUT2D eigenvalue weighted by atomic mass is 10.0. The molecule has 0 radical (unpaired) electrons. The van der Waals surface area contributed by atoms with E-state index in [1.807, 2.05) is 0 Å². The van der Waals surface area contributed by atoms with Crippen molar-refractivity contribution in [2.24, 2.45) is 5.73 Å². The summed E-state index contributed by atoms with van der Waals surface area (Å²) in [4.78, 5) is 7.74. The first kappa shape index (κ1) is 10.6. The molecule has 1 aliphatic carbocycles. The molecule has 0 unspecified atom stereocenters. The lowest BCUT2D eigenvalue weighted by Crippen LogP contribution is -2.42. The van der Waals surface area contributed by atoms with E-state index in [4.69, 9.17) is 22.1 Å². The summed E-state index contributed by atoms with van der Waals surface area (Å²) < 4.78 is 5.52. The van der Waals surface area contributed by atoms with E-state index in [1.54, 1.807) is 0 Å². The molecular weight excluding hydrogens is 214 g/mol. The average molecular weight is 228 g/mol. The van der Waals surface area contributed by atoms with Crippen LogP contribution in [0.3, 0.4) is 0 Å². The van der Waals surface area contributed by atoms with Crippen LogP contribution >= 0.6 is 11.6 Å². The van der Waals surface area contributed by atoms with Gasteiger partial charge in [-0.25, -0.2) is 9.97 Å². The summed E-state index contributed by atoms with van der Waals surface area (Å²) in [6.07, 6.45) is 7.31. The van der Waals surface area contributed by atoms with Gasteiger partial charge < -0.3 is 10.5 Å². The second-order valence-corrected chi connectivity index (χ2v) is 4.44. The van der Waals surface area contributed by atoms with Crippen molar-refractivity contribution in [3.05, 3.63) is 17.5 Å². The predicted octanol–water partition coefficient (Wildman–Crippen LogP) is 1.78. The number of rotatable bonds is 3. The Balaban J connectivity index is 1.95. The first-order chi connectivity index (χ1) is 7.20. The van der Waals surface area contributed by atoms with E-state index in [0.717, 1.165) is 12.8 Å². The average Bonchev–Trinajstić information content (AvgIpc) is 2.65. The van der Waals surface area contributed by atoms with Crippen LogP contribution in [0.25, 0.3) is 0 Å². The van der Waals surface area contributed by atoms with Gasteiger partial charge in [-0.3, -0.25) is 0 Å². The van der Waals surface area contributed by atoms with Gasteiger partial charge in [0, 0.05) is 0 Å². The van der Waals surface area contributed by atoms with Gasteiger partial charge in [-0.15, -0.1) is 0 Å². The van der Waals surface area contributed by atoms with Crippen molar-refractivity contribution in [1.82, 2.24) is 9.97 Å². The van der Waals surface area contributed by atoms with Gasteiger partial charge in [-0.1, -0.05) is 24.4 Å². The van der Waals surface area contributed by atoms with Crippen molar-refractivity contribution in [2.75, 3.05) is 6.61 Å². The lowest BCUT2D eigenvalue weighted by molar-refractivity contribution is 0.213. The van der Waals surface area contributed by atoms with Crippen molar-refractivity contribution in [2.45, 2.75) is 31.2 Å². The van der Waals surface area contributed by atoms with Gasteiger partial charge in [0.15, 0.2) is 0 Å². The Labute approximate surface area is 93.8 Å². The Morgan fingerprint density at radius 2 is 2.20 bits per heavy atom. The number of nitrogens with zero attached hydrogens (tertiary/aromatic N) is 2. The maximum atomic E-state index is 6.15. The zero-order valence-corrected chi connectivity index (χ0v) is 9.20. The van der Waals surface area contributed by atoms with Crippen LogP contribution in [-0.2, 0) is 0 Å². The van der Waals surface area contributed by atoms with E-state index in [-0.39, 0.29) is 5.54 Å². The molecule has 0 bridgehead atoms. The molecule has 1 saturated carbocycles. The molecule has 1 aliphatic rings. The Morgan fingerprint density at radius 3 is 2.87 bits per heavy atom. The third-order valence-electron chi connectivity index (χ3n) is 2.73. The number of hydrogen-bond acceptors (Lipinski definition) is 4. The molecule has 82 valence electrons. The smallest absolute Gasteiger partial charge is 0.235 e. The minimum Gasteiger partial charge on any atom is -0.475 e. The number of hydrogen-bond donors (Lipinski definition) is 1. The third-order valence-corrected chi connectivity index (χ3v) is 2.99. The van der Waals surface area contributed by atoms with Crippen LogP contribution in [0.1, 0.15) is 25.7 Å². The van der Waals surface area contributed by atoms with Crippen LogP contribution in [-0.4, -0.2) is 22.1 Å². The Morgan fingerprint density at radius 1 is 1.47 bits per heavy atom. The number of nitrogens with two attached hydrogens (primary N) is 1. The SMILES string of the molecule is NC1(COc2ncncc2Cl)CCCC1. The zero-order chi connectivity index (χ0) is 10.7. The van der Waals surface area contributed by atoms with Crippen molar-refractivity contribution < 1.29 is 4.74 Å². The highest BCUT2D eigenvalue weighted by Crippen LogP contribution is 2.28. The summed E-state index contributed by atoms with van der Waals surface area (Å²) in [6, 6.07) is 0. The van der Waals surface area contributed by atoms with Gasteiger partial charge >= 0.3 is 0 Å². The van der Waals surface area contributed by atoms with Crippen molar-refractivity contribution in [1.29, 1.82) is 0 Å². The van der Waals surface area contributed by atoms with Gasteiger partial charge in [0.25, 0.3) is 0 Å². The molecule has 2 N–H and O–H groups in total. The molecule has 0 amide bonds. The minimum atomic E-state index is -0.200.